The van der Waals surface area contributed by atoms with Crippen LogP contribution in [0.2, 0.25) is 0 Å². The van der Waals surface area contributed by atoms with Crippen LogP contribution in [0.15, 0.2) is 65.9 Å². The SMILES string of the molecule is NC(N)=NCCCC(NC(=O)C(N)Cc1c[nH]c2ccccc12)C(=O)NC(CCC(=O)O)C(=O)NC(Cc1c[nH]c2ccccc12)C(=O)O. The molecule has 3 amide bonds. The van der Waals surface area contributed by atoms with Gasteiger partial charge in [0.05, 0.1) is 6.04 Å². The lowest BCUT2D eigenvalue weighted by Gasteiger charge is -2.25. The Hall–Kier alpha value is -5.90. The molecular formula is C33H41N9O7. The molecule has 4 rings (SSSR count). The predicted molar refractivity (Wildman–Crippen MR) is 182 cm³/mol. The minimum absolute atomic E-state index is 0.0414. The van der Waals surface area contributed by atoms with Crippen LogP contribution in [0.25, 0.3) is 21.8 Å². The summed E-state index contributed by atoms with van der Waals surface area (Å²) in [5.41, 5.74) is 20.2. The normalized spacial score (nSPS) is 13.6. The van der Waals surface area contributed by atoms with Gasteiger partial charge in [0.1, 0.15) is 18.1 Å². The number of nitrogens with zero attached hydrogens (tertiary/aromatic N) is 1. The quantitative estimate of drug-likeness (QED) is 0.0389. The molecule has 2 heterocycles. The van der Waals surface area contributed by atoms with Crippen LogP contribution in [0, 0.1) is 0 Å². The van der Waals surface area contributed by atoms with Gasteiger partial charge in [0.15, 0.2) is 5.96 Å². The summed E-state index contributed by atoms with van der Waals surface area (Å²) in [6.45, 7) is 0.139. The summed E-state index contributed by atoms with van der Waals surface area (Å²) in [6.07, 6.45) is 2.93. The Morgan fingerprint density at radius 2 is 1.22 bits per heavy atom. The number of amides is 3. The van der Waals surface area contributed by atoms with E-state index < -0.39 is 60.2 Å². The molecule has 16 nitrogen and oxygen atoms in total. The summed E-state index contributed by atoms with van der Waals surface area (Å²) in [4.78, 5) is 74.0. The van der Waals surface area contributed by atoms with Crippen molar-refractivity contribution in [2.45, 2.75) is 62.7 Å². The van der Waals surface area contributed by atoms with E-state index in [1.807, 2.05) is 42.5 Å². The molecule has 0 saturated heterocycles. The van der Waals surface area contributed by atoms with Crippen molar-refractivity contribution in [2.75, 3.05) is 6.54 Å². The van der Waals surface area contributed by atoms with Crippen LogP contribution in [0.1, 0.15) is 36.8 Å². The molecule has 13 N–H and O–H groups in total. The van der Waals surface area contributed by atoms with Gasteiger partial charge in [-0.3, -0.25) is 24.2 Å². The highest BCUT2D eigenvalue weighted by Crippen LogP contribution is 2.20. The monoisotopic (exact) mass is 675 g/mol. The number of fused-ring (bicyclic) bond motifs is 2. The first-order chi connectivity index (χ1) is 23.4. The van der Waals surface area contributed by atoms with E-state index in [2.05, 4.69) is 30.9 Å². The Morgan fingerprint density at radius 1 is 0.714 bits per heavy atom. The number of para-hydroxylation sites is 2. The zero-order chi connectivity index (χ0) is 35.5. The Bertz CT molecular complexity index is 1830. The Kier molecular flexibility index (Phi) is 12.3. The van der Waals surface area contributed by atoms with Crippen LogP contribution < -0.4 is 33.2 Å². The Morgan fingerprint density at radius 3 is 1.78 bits per heavy atom. The van der Waals surface area contributed by atoms with Gasteiger partial charge in [0, 0.05) is 53.6 Å². The number of carbonyl (C=O) groups excluding carboxylic acids is 3. The molecule has 0 bridgehead atoms. The highest BCUT2D eigenvalue weighted by atomic mass is 16.4. The first-order valence-electron chi connectivity index (χ1n) is 15.7. The van der Waals surface area contributed by atoms with Crippen molar-refractivity contribution in [1.82, 2.24) is 25.9 Å². The second-order valence-electron chi connectivity index (χ2n) is 11.6. The minimum atomic E-state index is -1.44. The van der Waals surface area contributed by atoms with Crippen LogP contribution >= 0.6 is 0 Å². The highest BCUT2D eigenvalue weighted by molar-refractivity contribution is 5.95. The largest absolute Gasteiger partial charge is 0.481 e. The lowest BCUT2D eigenvalue weighted by Crippen LogP contribution is -2.57. The zero-order valence-electron chi connectivity index (χ0n) is 26.6. The first-order valence-corrected chi connectivity index (χ1v) is 15.7. The van der Waals surface area contributed by atoms with E-state index in [-0.39, 0.29) is 44.6 Å². The molecule has 49 heavy (non-hydrogen) atoms. The standard InChI is InChI=1S/C33H41N9O7/c34-22(14-18-16-38-23-8-3-1-6-20(18)23)29(45)40-25(10-5-13-37-33(35)36)30(46)41-26(11-12-28(43)44)31(47)42-27(32(48)49)15-19-17-39-24-9-4-2-7-21(19)24/h1-4,6-9,16-17,22,25-27,38-39H,5,10-15,34H2,(H,40,45)(H,41,46)(H,42,47)(H,43,44)(H,48,49)(H4,35,36,37). The summed E-state index contributed by atoms with van der Waals surface area (Å²) < 4.78 is 0. The van der Waals surface area contributed by atoms with Crippen molar-refractivity contribution in [3.8, 4) is 0 Å². The fourth-order valence-corrected chi connectivity index (χ4v) is 5.48. The van der Waals surface area contributed by atoms with E-state index in [0.29, 0.717) is 5.56 Å². The van der Waals surface area contributed by atoms with E-state index in [1.54, 1.807) is 18.5 Å². The average Bonchev–Trinajstić information content (AvgIpc) is 3.67. The van der Waals surface area contributed by atoms with Gasteiger partial charge >= 0.3 is 11.9 Å². The smallest absolute Gasteiger partial charge is 0.326 e. The fourth-order valence-electron chi connectivity index (χ4n) is 5.48. The van der Waals surface area contributed by atoms with Crippen LogP contribution in [0.5, 0.6) is 0 Å². The summed E-state index contributed by atoms with van der Waals surface area (Å²) >= 11 is 0. The molecule has 0 radical (unpaired) electrons. The van der Waals surface area contributed by atoms with Gasteiger partial charge in [-0.1, -0.05) is 36.4 Å². The molecule has 2 aromatic carbocycles. The second kappa shape index (κ2) is 16.8. The van der Waals surface area contributed by atoms with Gasteiger partial charge in [0.25, 0.3) is 0 Å². The number of guanidine groups is 1. The van der Waals surface area contributed by atoms with Gasteiger partial charge in [-0.25, -0.2) is 4.79 Å². The third-order valence-corrected chi connectivity index (χ3v) is 8.02. The number of nitrogens with one attached hydrogen (secondary N) is 5. The average molecular weight is 676 g/mol. The molecule has 0 aliphatic heterocycles. The van der Waals surface area contributed by atoms with E-state index in [4.69, 9.17) is 17.2 Å². The number of H-pyrrole nitrogens is 2. The number of aliphatic imine (C=N–C) groups is 1. The molecule has 0 saturated carbocycles. The van der Waals surface area contributed by atoms with Crippen molar-refractivity contribution >= 4 is 57.4 Å². The molecular weight excluding hydrogens is 634 g/mol. The molecule has 16 heteroatoms. The maximum Gasteiger partial charge on any atom is 0.326 e. The first kappa shape index (κ1) is 35.9. The summed E-state index contributed by atoms with van der Waals surface area (Å²) in [5, 5.41) is 28.5. The molecule has 260 valence electrons. The number of aliphatic carboxylic acids is 2. The number of carbonyl (C=O) groups is 5. The third kappa shape index (κ3) is 10.0. The van der Waals surface area contributed by atoms with Crippen LogP contribution in [-0.4, -0.2) is 86.5 Å². The van der Waals surface area contributed by atoms with Crippen molar-refractivity contribution in [3.05, 3.63) is 72.1 Å². The molecule has 0 fully saturated rings. The zero-order valence-corrected chi connectivity index (χ0v) is 26.6. The van der Waals surface area contributed by atoms with Crippen LogP contribution in [-0.2, 0) is 36.8 Å². The predicted octanol–water partition coefficient (Wildman–Crippen LogP) is 0.219. The molecule has 0 spiro atoms. The molecule has 0 aliphatic rings. The maximum atomic E-state index is 13.6. The second-order valence-corrected chi connectivity index (χ2v) is 11.6. The summed E-state index contributed by atoms with van der Waals surface area (Å²) in [7, 11) is 0. The van der Waals surface area contributed by atoms with Crippen molar-refractivity contribution < 1.29 is 34.2 Å². The number of nitrogens with two attached hydrogens (primary N) is 3. The number of carboxylic acid groups (broad SMARTS) is 2. The van der Waals surface area contributed by atoms with Crippen LogP contribution in [0.3, 0.4) is 0 Å². The summed E-state index contributed by atoms with van der Waals surface area (Å²) in [6, 6.07) is 9.68. The Labute approximate surface area is 280 Å². The van der Waals surface area contributed by atoms with Crippen LogP contribution in [0.4, 0.5) is 0 Å². The van der Waals surface area contributed by atoms with E-state index in [9.17, 15) is 34.2 Å². The fraction of sp³-hybridized carbons (Fsp3) is 0.333. The number of carboxylic acids is 2. The van der Waals surface area contributed by atoms with Crippen molar-refractivity contribution in [2.24, 2.45) is 22.2 Å². The number of aromatic nitrogens is 2. The maximum absolute atomic E-state index is 13.6. The number of hydrogen-bond acceptors (Lipinski definition) is 7. The van der Waals surface area contributed by atoms with E-state index in [1.165, 1.54) is 0 Å². The van der Waals surface area contributed by atoms with E-state index >= 15 is 0 Å². The van der Waals surface area contributed by atoms with Gasteiger partial charge in [-0.05, 0) is 48.9 Å². The lowest BCUT2D eigenvalue weighted by molar-refractivity contribution is -0.143. The van der Waals surface area contributed by atoms with Gasteiger partial charge in [-0.15, -0.1) is 0 Å². The number of benzene rings is 2. The molecule has 4 unspecified atom stereocenters. The van der Waals surface area contributed by atoms with Gasteiger partial charge in [-0.2, -0.15) is 0 Å². The molecule has 2 aromatic heterocycles. The summed E-state index contributed by atoms with van der Waals surface area (Å²) in [5.74, 6) is -5.04. The topological polar surface area (TPSA) is 284 Å². The molecule has 0 aliphatic carbocycles. The molecule has 4 aromatic rings. The Balaban J connectivity index is 1.48. The lowest BCUT2D eigenvalue weighted by atomic mass is 10.0. The number of hydrogen-bond donors (Lipinski definition) is 10. The third-order valence-electron chi connectivity index (χ3n) is 8.02. The van der Waals surface area contributed by atoms with Gasteiger partial charge in [0.2, 0.25) is 17.7 Å². The molecule has 4 atom stereocenters. The minimum Gasteiger partial charge on any atom is -0.481 e. The van der Waals surface area contributed by atoms with Crippen molar-refractivity contribution in [3.63, 3.8) is 0 Å². The van der Waals surface area contributed by atoms with Crippen molar-refractivity contribution in [1.29, 1.82) is 0 Å². The number of aromatic amines is 2. The van der Waals surface area contributed by atoms with Gasteiger partial charge < -0.3 is 53.3 Å². The highest BCUT2D eigenvalue weighted by Gasteiger charge is 2.31. The van der Waals surface area contributed by atoms with E-state index in [0.717, 1.165) is 27.4 Å². The number of rotatable bonds is 18.